The van der Waals surface area contributed by atoms with E-state index >= 15 is 0 Å². The van der Waals surface area contributed by atoms with Crippen LogP contribution in [-0.4, -0.2) is 36.5 Å². The van der Waals surface area contributed by atoms with Gasteiger partial charge in [-0.25, -0.2) is 9.59 Å². The smallest absolute Gasteiger partial charge is 0.389 e. The van der Waals surface area contributed by atoms with Gasteiger partial charge in [-0.1, -0.05) is 10.2 Å². The van der Waals surface area contributed by atoms with Crippen molar-refractivity contribution in [2.24, 2.45) is 10.2 Å². The van der Waals surface area contributed by atoms with Crippen LogP contribution >= 0.6 is 0 Å². The van der Waals surface area contributed by atoms with Gasteiger partial charge in [0.2, 0.25) is 0 Å². The van der Waals surface area contributed by atoms with Gasteiger partial charge < -0.3 is 19.9 Å². The maximum Gasteiger partial charge on any atom is 0.389 e. The van der Waals surface area contributed by atoms with Crippen molar-refractivity contribution in [3.8, 4) is 0 Å². The fraction of sp³-hybridized carbons (Fsp3) is 0.250. The highest BCUT2D eigenvalue weighted by atomic mass is 16.8. The van der Waals surface area contributed by atoms with Crippen LogP contribution in [0.2, 0.25) is 0 Å². The van der Waals surface area contributed by atoms with Gasteiger partial charge in [-0.3, -0.25) is 9.26 Å². The summed E-state index contributed by atoms with van der Waals surface area (Å²) < 4.78 is 17.0. The monoisotopic (exact) mass is 314 g/mol. The molecule has 0 aliphatic carbocycles. The standard InChI is InChI=1S/C8H6N6O8/c1-19-7(15)3-5(11-21-13(3)17)9-10-6-4(8(16)20-2)14(18)22-12-6/h1-2H3. The first-order valence-corrected chi connectivity index (χ1v) is 5.27. The van der Waals surface area contributed by atoms with Crippen LogP contribution < -0.4 is 9.81 Å². The topological polar surface area (TPSA) is 183 Å². The van der Waals surface area contributed by atoms with Crippen molar-refractivity contribution in [3.63, 3.8) is 0 Å². The van der Waals surface area contributed by atoms with Crippen molar-refractivity contribution in [1.29, 1.82) is 0 Å². The zero-order chi connectivity index (χ0) is 16.3. The molecule has 0 saturated carbocycles. The van der Waals surface area contributed by atoms with Crippen LogP contribution in [0.5, 0.6) is 0 Å². The molecule has 0 aliphatic heterocycles. The Morgan fingerprint density at radius 1 is 0.955 bits per heavy atom. The molecule has 2 heterocycles. The second-order valence-corrected chi connectivity index (χ2v) is 3.39. The van der Waals surface area contributed by atoms with Gasteiger partial charge >= 0.3 is 35.0 Å². The maximum atomic E-state index is 11.3. The van der Waals surface area contributed by atoms with Gasteiger partial charge in [0.15, 0.2) is 0 Å². The highest BCUT2D eigenvalue weighted by molar-refractivity contribution is 5.90. The highest BCUT2D eigenvalue weighted by Crippen LogP contribution is 2.19. The molecular weight excluding hydrogens is 308 g/mol. The van der Waals surface area contributed by atoms with Gasteiger partial charge in [0.1, 0.15) is 0 Å². The number of esters is 2. The Balaban J connectivity index is 2.39. The summed E-state index contributed by atoms with van der Waals surface area (Å²) in [5.41, 5.74) is -1.38. The molecule has 0 atom stereocenters. The minimum absolute atomic E-state index is 0.252. The van der Waals surface area contributed by atoms with Crippen LogP contribution in [0.1, 0.15) is 21.0 Å². The van der Waals surface area contributed by atoms with Gasteiger partial charge in [0.25, 0.3) is 0 Å². The molecule has 0 N–H and O–H groups in total. The molecule has 22 heavy (non-hydrogen) atoms. The number of azo groups is 1. The zero-order valence-corrected chi connectivity index (χ0v) is 10.9. The number of carbonyl (C=O) groups excluding carboxylic acids is 2. The number of ether oxygens (including phenoxy) is 2. The minimum atomic E-state index is -1.09. The lowest BCUT2D eigenvalue weighted by molar-refractivity contribution is -0.804. The van der Waals surface area contributed by atoms with E-state index in [1.807, 2.05) is 0 Å². The molecule has 2 aromatic rings. The van der Waals surface area contributed by atoms with Gasteiger partial charge in [-0.15, -0.1) is 0 Å². The Bertz CT molecular complexity index is 686. The molecule has 0 fully saturated rings. The maximum absolute atomic E-state index is 11.3. The van der Waals surface area contributed by atoms with E-state index in [0.717, 1.165) is 14.2 Å². The Morgan fingerprint density at radius 3 is 1.64 bits per heavy atom. The SMILES string of the molecule is COC(=O)c1c(N=Nc2no[n+]([O-])c2C(=O)OC)no[n+]1[O-]. The average molecular weight is 314 g/mol. The number of carbonyl (C=O) groups is 2. The quantitative estimate of drug-likeness (QED) is 0.382. The largest absolute Gasteiger partial charge is 0.462 e. The number of hydrogen-bond acceptors (Lipinski definition) is 12. The van der Waals surface area contributed by atoms with E-state index in [-0.39, 0.29) is 9.81 Å². The fourth-order valence-corrected chi connectivity index (χ4v) is 1.23. The van der Waals surface area contributed by atoms with E-state index in [9.17, 15) is 20.0 Å². The van der Waals surface area contributed by atoms with Gasteiger partial charge in [-0.05, 0) is 9.81 Å². The molecule has 0 radical (unpaired) electrons. The Kier molecular flexibility index (Phi) is 3.92. The predicted molar refractivity (Wildman–Crippen MR) is 57.8 cm³/mol. The summed E-state index contributed by atoms with van der Waals surface area (Å²) in [4.78, 5) is 22.2. The Labute approximate surface area is 119 Å². The van der Waals surface area contributed by atoms with Gasteiger partial charge in [0, 0.05) is 0 Å². The van der Waals surface area contributed by atoms with Crippen LogP contribution in [-0.2, 0) is 9.47 Å². The first kappa shape index (κ1) is 14.8. The van der Waals surface area contributed by atoms with Crippen LogP contribution in [0, 0.1) is 10.4 Å². The highest BCUT2D eigenvalue weighted by Gasteiger charge is 2.31. The Morgan fingerprint density at radius 2 is 1.32 bits per heavy atom. The third-order valence-corrected chi connectivity index (χ3v) is 2.19. The van der Waals surface area contributed by atoms with Crippen LogP contribution in [0.15, 0.2) is 19.5 Å². The second-order valence-electron chi connectivity index (χ2n) is 3.39. The summed E-state index contributed by atoms with van der Waals surface area (Å²) in [6, 6.07) is 0. The van der Waals surface area contributed by atoms with E-state index in [1.165, 1.54) is 0 Å². The van der Waals surface area contributed by atoms with E-state index in [4.69, 9.17) is 0 Å². The molecule has 0 saturated heterocycles. The van der Waals surface area contributed by atoms with E-state index in [1.54, 1.807) is 0 Å². The minimum Gasteiger partial charge on any atom is -0.462 e. The van der Waals surface area contributed by atoms with Crippen molar-refractivity contribution < 1.29 is 38.1 Å². The fourth-order valence-electron chi connectivity index (χ4n) is 1.23. The Hall–Kier alpha value is -3.58. The zero-order valence-electron chi connectivity index (χ0n) is 10.9. The van der Waals surface area contributed by atoms with E-state index in [0.29, 0.717) is 0 Å². The normalized spacial score (nSPS) is 10.8. The third kappa shape index (κ3) is 2.51. The molecule has 14 heteroatoms. The summed E-state index contributed by atoms with van der Waals surface area (Å²) in [5.74, 6) is -3.29. The molecular formula is C8H6N6O8. The van der Waals surface area contributed by atoms with Crippen LogP contribution in [0.4, 0.5) is 11.6 Å². The molecule has 0 unspecified atom stereocenters. The molecule has 2 aromatic heterocycles. The molecule has 0 aromatic carbocycles. The van der Waals surface area contributed by atoms with Crippen molar-refractivity contribution in [2.45, 2.75) is 0 Å². The van der Waals surface area contributed by atoms with Crippen LogP contribution in [0.3, 0.4) is 0 Å². The van der Waals surface area contributed by atoms with Crippen molar-refractivity contribution in [1.82, 2.24) is 10.3 Å². The molecule has 0 amide bonds. The third-order valence-electron chi connectivity index (χ3n) is 2.19. The molecule has 0 aliphatic rings. The van der Waals surface area contributed by atoms with Crippen molar-refractivity contribution in [2.75, 3.05) is 14.2 Å². The number of rotatable bonds is 4. The van der Waals surface area contributed by atoms with Crippen molar-refractivity contribution in [3.05, 3.63) is 21.8 Å². The summed E-state index contributed by atoms with van der Waals surface area (Å²) in [7, 11) is 2.03. The number of aromatic nitrogens is 4. The molecule has 116 valence electrons. The molecule has 0 spiro atoms. The first-order valence-electron chi connectivity index (χ1n) is 5.27. The van der Waals surface area contributed by atoms with Crippen molar-refractivity contribution >= 4 is 23.6 Å². The first-order chi connectivity index (χ1) is 10.5. The van der Waals surface area contributed by atoms with Crippen LogP contribution in [0.25, 0.3) is 0 Å². The lowest BCUT2D eigenvalue weighted by Gasteiger charge is -1.93. The molecule has 0 bridgehead atoms. The van der Waals surface area contributed by atoms with Gasteiger partial charge in [0.05, 0.1) is 24.5 Å². The number of methoxy groups -OCH3 is 2. The predicted octanol–water partition coefficient (Wildman–Crippen LogP) is -1.08. The lowest BCUT2D eigenvalue weighted by atomic mass is 10.4. The summed E-state index contributed by atoms with van der Waals surface area (Å²) in [5, 5.41) is 35.5. The molecule has 14 nitrogen and oxygen atoms in total. The average Bonchev–Trinajstić information content (AvgIpc) is 3.06. The summed E-state index contributed by atoms with van der Waals surface area (Å²) in [6.07, 6.45) is 0. The number of nitrogens with zero attached hydrogens (tertiary/aromatic N) is 6. The lowest BCUT2D eigenvalue weighted by Crippen LogP contribution is -2.31. The number of hydrogen-bond donors (Lipinski definition) is 0. The van der Waals surface area contributed by atoms with E-state index in [2.05, 4.69) is 39.3 Å². The summed E-state index contributed by atoms with van der Waals surface area (Å²) >= 11 is 0. The second kappa shape index (κ2) is 5.81. The van der Waals surface area contributed by atoms with E-state index < -0.39 is 35.0 Å². The molecule has 2 rings (SSSR count). The summed E-state index contributed by atoms with van der Waals surface area (Å²) in [6.45, 7) is 0. The van der Waals surface area contributed by atoms with Gasteiger partial charge in [-0.2, -0.15) is 0 Å².